The van der Waals surface area contributed by atoms with E-state index in [0.717, 1.165) is 43.1 Å². The number of hydrogen-bond donors (Lipinski definition) is 0. The largest absolute Gasteiger partial charge is 0.451 e. The molecule has 0 aliphatic heterocycles. The van der Waals surface area contributed by atoms with Gasteiger partial charge in [0.2, 0.25) is 0 Å². The minimum atomic E-state index is -1.25. The maximum atomic E-state index is 13.9. The molecule has 4 aliphatic rings. The predicted octanol–water partition coefficient (Wildman–Crippen LogP) is 5.80. The van der Waals surface area contributed by atoms with Gasteiger partial charge in [-0.2, -0.15) is 0 Å². The Labute approximate surface area is 235 Å². The molecule has 5 rings (SSSR count). The summed E-state index contributed by atoms with van der Waals surface area (Å²) in [6.45, 7) is 5.00. The van der Waals surface area contributed by atoms with E-state index < -0.39 is 17.0 Å². The highest BCUT2D eigenvalue weighted by Crippen LogP contribution is 2.68. The summed E-state index contributed by atoms with van der Waals surface area (Å²) in [4.78, 5) is 52.6. The number of ketones is 2. The SMILES string of the molecule is CC(=O)O[C@]1(C(=O)CSC(C)=O)CC[C@H]2[C@@H]3CCC4=CC(=O)CCC4=C3[C@@H](c3ccc(N(C)C)cc3)C[C@@]21C. The first-order chi connectivity index (χ1) is 18.5. The summed E-state index contributed by atoms with van der Waals surface area (Å²) >= 11 is 0.996. The van der Waals surface area contributed by atoms with Crippen LogP contribution in [0.15, 0.2) is 47.1 Å². The Bertz CT molecular complexity index is 1280. The fraction of sp³-hybridized carbons (Fsp3) is 0.562. The van der Waals surface area contributed by atoms with Crippen molar-refractivity contribution in [2.24, 2.45) is 17.3 Å². The van der Waals surface area contributed by atoms with E-state index in [1.54, 1.807) is 0 Å². The molecule has 0 aromatic heterocycles. The first kappa shape index (κ1) is 27.9. The van der Waals surface area contributed by atoms with E-state index >= 15 is 0 Å². The van der Waals surface area contributed by atoms with E-state index in [1.165, 1.54) is 36.1 Å². The molecule has 2 fully saturated rings. The summed E-state index contributed by atoms with van der Waals surface area (Å²) in [5, 5.41) is -0.117. The fourth-order valence-corrected chi connectivity index (χ4v) is 8.73. The Kier molecular flexibility index (Phi) is 7.42. The van der Waals surface area contributed by atoms with Crippen molar-refractivity contribution in [1.29, 1.82) is 0 Å². The van der Waals surface area contributed by atoms with E-state index in [0.29, 0.717) is 19.3 Å². The second kappa shape index (κ2) is 10.4. The summed E-state index contributed by atoms with van der Waals surface area (Å²) in [6.07, 6.45) is 6.93. The summed E-state index contributed by atoms with van der Waals surface area (Å²) in [6, 6.07) is 8.65. The second-order valence-electron chi connectivity index (χ2n) is 12.1. The Morgan fingerprint density at radius 2 is 1.77 bits per heavy atom. The van der Waals surface area contributed by atoms with E-state index in [2.05, 4.69) is 36.1 Å². The molecule has 6 nitrogen and oxygen atoms in total. The zero-order valence-electron chi connectivity index (χ0n) is 23.7. The maximum absolute atomic E-state index is 13.9. The molecule has 39 heavy (non-hydrogen) atoms. The molecule has 2 saturated carbocycles. The number of esters is 1. The van der Waals surface area contributed by atoms with Crippen molar-refractivity contribution in [3.8, 4) is 0 Å². The van der Waals surface area contributed by atoms with Crippen LogP contribution in [0, 0.1) is 17.3 Å². The Balaban J connectivity index is 1.66. The van der Waals surface area contributed by atoms with Crippen molar-refractivity contribution >= 4 is 40.1 Å². The quantitative estimate of drug-likeness (QED) is 0.415. The number of carbonyl (C=O) groups is 4. The van der Waals surface area contributed by atoms with Crippen LogP contribution in [0.25, 0.3) is 0 Å². The van der Waals surface area contributed by atoms with Crippen LogP contribution in [0.5, 0.6) is 0 Å². The van der Waals surface area contributed by atoms with Gasteiger partial charge in [-0.25, -0.2) is 0 Å². The number of ether oxygens (including phenoxy) is 1. The average molecular weight is 550 g/mol. The summed E-state index contributed by atoms with van der Waals surface area (Å²) in [5.74, 6) is 0.120. The average Bonchev–Trinajstić information content (AvgIpc) is 3.18. The van der Waals surface area contributed by atoms with Crippen LogP contribution in [0.1, 0.15) is 77.2 Å². The van der Waals surface area contributed by atoms with E-state index in [-0.39, 0.29) is 40.2 Å². The Morgan fingerprint density at radius 3 is 2.41 bits per heavy atom. The van der Waals surface area contributed by atoms with Gasteiger partial charge < -0.3 is 9.64 Å². The van der Waals surface area contributed by atoms with Gasteiger partial charge in [-0.15, -0.1) is 0 Å². The topological polar surface area (TPSA) is 80.8 Å². The van der Waals surface area contributed by atoms with Gasteiger partial charge in [0, 0.05) is 51.4 Å². The lowest BCUT2D eigenvalue weighted by Gasteiger charge is -2.55. The number of allylic oxidation sites excluding steroid dienone is 4. The molecule has 1 aromatic rings. The molecule has 0 amide bonds. The van der Waals surface area contributed by atoms with Crippen molar-refractivity contribution in [3.63, 3.8) is 0 Å². The minimum Gasteiger partial charge on any atom is -0.451 e. The first-order valence-corrected chi connectivity index (χ1v) is 15.1. The van der Waals surface area contributed by atoms with Gasteiger partial charge in [-0.05, 0) is 85.3 Å². The molecule has 0 spiro atoms. The molecule has 0 radical (unpaired) electrons. The molecular weight excluding hydrogens is 510 g/mol. The number of anilines is 1. The highest BCUT2D eigenvalue weighted by Gasteiger charge is 2.68. The number of hydrogen-bond acceptors (Lipinski definition) is 7. The van der Waals surface area contributed by atoms with Crippen LogP contribution >= 0.6 is 11.8 Å². The lowest BCUT2D eigenvalue weighted by molar-refractivity contribution is -0.182. The smallest absolute Gasteiger partial charge is 0.303 e. The second-order valence-corrected chi connectivity index (χ2v) is 13.3. The van der Waals surface area contributed by atoms with E-state index in [1.807, 2.05) is 20.2 Å². The predicted molar refractivity (Wildman–Crippen MR) is 154 cm³/mol. The lowest BCUT2D eigenvalue weighted by Crippen LogP contribution is -2.58. The molecule has 0 saturated heterocycles. The van der Waals surface area contributed by atoms with Crippen LogP contribution in [0.3, 0.4) is 0 Å². The highest BCUT2D eigenvalue weighted by molar-refractivity contribution is 8.14. The molecule has 5 atom stereocenters. The zero-order valence-corrected chi connectivity index (χ0v) is 24.5. The number of fused-ring (bicyclic) bond motifs is 4. The molecular formula is C32H39NO5S. The van der Waals surface area contributed by atoms with Crippen molar-refractivity contribution in [2.75, 3.05) is 24.7 Å². The van der Waals surface area contributed by atoms with Gasteiger partial charge in [0.05, 0.1) is 5.75 Å². The van der Waals surface area contributed by atoms with Crippen molar-refractivity contribution < 1.29 is 23.9 Å². The number of rotatable bonds is 6. The van der Waals surface area contributed by atoms with Gasteiger partial charge in [0.1, 0.15) is 0 Å². The standard InChI is InChI=1S/C32H39NO5S/c1-19(34)38-32(29(37)18-39-20(2)35)15-14-28-26-12-8-22-16-24(36)11-13-25(22)30(26)27(17-31(28,32)3)21-6-9-23(10-7-21)33(4)5/h6-7,9-10,16,26-28H,8,11-15,17-18H2,1-5H3/t26-,27+,28-,31-,32-/m0/s1. The van der Waals surface area contributed by atoms with Gasteiger partial charge in [-0.1, -0.05) is 36.4 Å². The number of thioether (sulfide) groups is 1. The Morgan fingerprint density at radius 1 is 1.05 bits per heavy atom. The van der Waals surface area contributed by atoms with Gasteiger partial charge in [0.25, 0.3) is 0 Å². The van der Waals surface area contributed by atoms with Crippen LogP contribution < -0.4 is 4.90 Å². The van der Waals surface area contributed by atoms with E-state index in [4.69, 9.17) is 4.74 Å². The first-order valence-electron chi connectivity index (χ1n) is 14.1. The summed E-state index contributed by atoms with van der Waals surface area (Å²) < 4.78 is 6.11. The maximum Gasteiger partial charge on any atom is 0.303 e. The van der Waals surface area contributed by atoms with Crippen LogP contribution in [0.2, 0.25) is 0 Å². The monoisotopic (exact) mass is 549 g/mol. The zero-order chi connectivity index (χ0) is 28.1. The van der Waals surface area contributed by atoms with Crippen molar-refractivity contribution in [2.45, 2.75) is 77.2 Å². The van der Waals surface area contributed by atoms with Gasteiger partial charge in [0.15, 0.2) is 22.3 Å². The van der Waals surface area contributed by atoms with Gasteiger partial charge in [-0.3, -0.25) is 19.2 Å². The van der Waals surface area contributed by atoms with Crippen molar-refractivity contribution in [3.05, 3.63) is 52.6 Å². The number of carbonyl (C=O) groups excluding carboxylic acids is 4. The third-order valence-electron chi connectivity index (χ3n) is 9.84. The summed E-state index contributed by atoms with van der Waals surface area (Å²) in [7, 11) is 4.05. The minimum absolute atomic E-state index is 0.0146. The molecule has 0 bridgehead atoms. The number of benzene rings is 1. The fourth-order valence-electron chi connectivity index (χ4n) is 8.16. The third-order valence-corrected chi connectivity index (χ3v) is 10.7. The molecule has 0 heterocycles. The van der Waals surface area contributed by atoms with Crippen molar-refractivity contribution in [1.82, 2.24) is 0 Å². The molecule has 1 aromatic carbocycles. The number of Topliss-reactive ketones (excluding diaryl/α,β-unsaturated/α-hetero) is 1. The third kappa shape index (κ3) is 4.71. The normalized spacial score (nSPS) is 31.6. The molecule has 0 unspecified atom stereocenters. The lowest BCUT2D eigenvalue weighted by atomic mass is 9.50. The van der Waals surface area contributed by atoms with Gasteiger partial charge >= 0.3 is 5.97 Å². The highest BCUT2D eigenvalue weighted by atomic mass is 32.2. The Hall–Kier alpha value is -2.67. The van der Waals surface area contributed by atoms with E-state index in [9.17, 15) is 19.2 Å². The molecule has 0 N–H and O–H groups in total. The molecule has 7 heteroatoms. The number of nitrogens with zero attached hydrogens (tertiary/aromatic N) is 1. The molecule has 4 aliphatic carbocycles. The van der Waals surface area contributed by atoms with Crippen LogP contribution in [-0.4, -0.2) is 48.1 Å². The van der Waals surface area contributed by atoms with Crippen LogP contribution in [0.4, 0.5) is 5.69 Å². The summed E-state index contributed by atoms with van der Waals surface area (Å²) in [5.41, 5.74) is 4.46. The molecule has 208 valence electrons. The van der Waals surface area contributed by atoms with Crippen LogP contribution in [-0.2, 0) is 23.9 Å².